The zero-order chi connectivity index (χ0) is 15.6. The molecule has 2 aromatic heterocycles. The van der Waals surface area contributed by atoms with E-state index in [0.717, 1.165) is 32.0 Å². The lowest BCUT2D eigenvalue weighted by atomic mass is 10.1. The number of hydrogen-bond acceptors (Lipinski definition) is 7. The Balaban J connectivity index is 1.38. The molecule has 8 nitrogen and oxygen atoms in total. The summed E-state index contributed by atoms with van der Waals surface area (Å²) in [6.45, 7) is 4.62. The number of aliphatic hydroxyl groups is 1. The molecule has 0 aliphatic carbocycles. The fraction of sp³-hybridized carbons (Fsp3) is 0.533. The van der Waals surface area contributed by atoms with Crippen LogP contribution in [0.5, 0.6) is 0 Å². The molecule has 122 valence electrons. The lowest BCUT2D eigenvalue weighted by Gasteiger charge is -2.38. The summed E-state index contributed by atoms with van der Waals surface area (Å²) in [4.78, 5) is 4.53. The minimum atomic E-state index is -0.366. The average molecular weight is 316 g/mol. The van der Waals surface area contributed by atoms with Crippen molar-refractivity contribution in [2.45, 2.75) is 12.1 Å². The van der Waals surface area contributed by atoms with Crippen molar-refractivity contribution in [1.29, 1.82) is 0 Å². The van der Waals surface area contributed by atoms with Crippen molar-refractivity contribution < 1.29 is 9.84 Å². The van der Waals surface area contributed by atoms with E-state index in [0.29, 0.717) is 19.0 Å². The van der Waals surface area contributed by atoms with Gasteiger partial charge < -0.3 is 14.7 Å². The first-order valence-corrected chi connectivity index (χ1v) is 7.90. The van der Waals surface area contributed by atoms with Gasteiger partial charge in [-0.25, -0.2) is 4.68 Å². The molecule has 0 bridgehead atoms. The highest BCUT2D eigenvalue weighted by molar-refractivity contribution is 5.40. The molecule has 2 unspecified atom stereocenters. The Bertz CT molecular complexity index is 624. The lowest BCUT2D eigenvalue weighted by molar-refractivity contribution is 0.0784. The number of rotatable bonds is 3. The van der Waals surface area contributed by atoms with Gasteiger partial charge in [0.25, 0.3) is 0 Å². The zero-order valence-electron chi connectivity index (χ0n) is 12.8. The molecule has 2 fully saturated rings. The van der Waals surface area contributed by atoms with E-state index >= 15 is 0 Å². The van der Waals surface area contributed by atoms with Crippen molar-refractivity contribution in [3.05, 3.63) is 30.6 Å². The Morgan fingerprint density at radius 2 is 1.83 bits per heavy atom. The molecule has 1 N–H and O–H groups in total. The second-order valence-corrected chi connectivity index (χ2v) is 5.90. The third-order valence-electron chi connectivity index (χ3n) is 4.50. The molecular weight excluding hydrogens is 296 g/mol. The number of ether oxygens (including phenoxy) is 1. The standard InChI is InChI=1S/C15H20N6O2/c22-13-11-23-10-12(13)19-6-8-20(9-7-19)14-2-3-15(18-17-14)21-5-1-4-16-21/h1-5,12-13,22H,6-11H2. The monoisotopic (exact) mass is 316 g/mol. The van der Waals surface area contributed by atoms with Gasteiger partial charge in [0.1, 0.15) is 0 Å². The van der Waals surface area contributed by atoms with Gasteiger partial charge in [0.2, 0.25) is 0 Å². The van der Waals surface area contributed by atoms with Crippen LogP contribution in [0.15, 0.2) is 30.6 Å². The molecular formula is C15H20N6O2. The molecule has 0 radical (unpaired) electrons. The predicted octanol–water partition coefficient (Wildman–Crippen LogP) is -0.456. The summed E-state index contributed by atoms with van der Waals surface area (Å²) < 4.78 is 7.04. The maximum absolute atomic E-state index is 9.93. The molecule has 2 aliphatic rings. The van der Waals surface area contributed by atoms with E-state index in [2.05, 4.69) is 25.1 Å². The van der Waals surface area contributed by atoms with E-state index in [1.54, 1.807) is 10.9 Å². The summed E-state index contributed by atoms with van der Waals surface area (Å²) in [5.74, 6) is 1.59. The van der Waals surface area contributed by atoms with Crippen molar-refractivity contribution in [3.8, 4) is 5.82 Å². The molecule has 0 saturated carbocycles. The smallest absolute Gasteiger partial charge is 0.175 e. The van der Waals surface area contributed by atoms with Crippen LogP contribution in [0.1, 0.15) is 0 Å². The normalized spacial score (nSPS) is 25.9. The number of hydrogen-bond donors (Lipinski definition) is 1. The quantitative estimate of drug-likeness (QED) is 0.821. The summed E-state index contributed by atoms with van der Waals surface area (Å²) in [6.07, 6.45) is 3.20. The average Bonchev–Trinajstić information content (AvgIpc) is 3.27. The Hall–Kier alpha value is -2.03. The first-order valence-electron chi connectivity index (χ1n) is 7.90. The Labute approximate surface area is 134 Å². The van der Waals surface area contributed by atoms with Gasteiger partial charge in [-0.1, -0.05) is 0 Å². The molecule has 4 heterocycles. The van der Waals surface area contributed by atoms with Gasteiger partial charge in [0.05, 0.1) is 25.4 Å². The second-order valence-electron chi connectivity index (χ2n) is 5.90. The maximum Gasteiger partial charge on any atom is 0.175 e. The molecule has 0 aromatic carbocycles. The summed E-state index contributed by atoms with van der Waals surface area (Å²) in [7, 11) is 0. The summed E-state index contributed by atoms with van der Waals surface area (Å²) in [5, 5.41) is 22.6. The summed E-state index contributed by atoms with van der Waals surface area (Å²) >= 11 is 0. The Morgan fingerprint density at radius 3 is 2.43 bits per heavy atom. The van der Waals surface area contributed by atoms with Gasteiger partial charge in [-0.2, -0.15) is 5.10 Å². The lowest BCUT2D eigenvalue weighted by Crippen LogP contribution is -2.53. The molecule has 8 heteroatoms. The van der Waals surface area contributed by atoms with Crippen LogP contribution in [-0.4, -0.2) is 81.5 Å². The largest absolute Gasteiger partial charge is 0.389 e. The van der Waals surface area contributed by atoms with Crippen LogP contribution in [0.2, 0.25) is 0 Å². The molecule has 23 heavy (non-hydrogen) atoms. The minimum absolute atomic E-state index is 0.130. The van der Waals surface area contributed by atoms with Crippen LogP contribution in [0.25, 0.3) is 5.82 Å². The van der Waals surface area contributed by atoms with Crippen LogP contribution in [0, 0.1) is 0 Å². The van der Waals surface area contributed by atoms with Crippen molar-refractivity contribution in [2.24, 2.45) is 0 Å². The number of anilines is 1. The molecule has 4 rings (SSSR count). The van der Waals surface area contributed by atoms with E-state index < -0.39 is 0 Å². The van der Waals surface area contributed by atoms with Crippen molar-refractivity contribution in [3.63, 3.8) is 0 Å². The van der Waals surface area contributed by atoms with Gasteiger partial charge in [0.15, 0.2) is 11.6 Å². The fourth-order valence-corrected chi connectivity index (χ4v) is 3.18. The molecule has 2 saturated heterocycles. The highest BCUT2D eigenvalue weighted by Crippen LogP contribution is 2.18. The molecule has 2 aliphatic heterocycles. The van der Waals surface area contributed by atoms with E-state index in [-0.39, 0.29) is 12.1 Å². The van der Waals surface area contributed by atoms with E-state index in [4.69, 9.17) is 4.74 Å². The number of aliphatic hydroxyl groups excluding tert-OH is 1. The third kappa shape index (κ3) is 2.92. The van der Waals surface area contributed by atoms with Crippen LogP contribution in [-0.2, 0) is 4.74 Å². The van der Waals surface area contributed by atoms with Gasteiger partial charge in [0, 0.05) is 38.6 Å². The van der Waals surface area contributed by atoms with Gasteiger partial charge >= 0.3 is 0 Å². The van der Waals surface area contributed by atoms with E-state index in [1.165, 1.54) is 0 Å². The second kappa shape index (κ2) is 6.23. The minimum Gasteiger partial charge on any atom is -0.389 e. The van der Waals surface area contributed by atoms with Crippen LogP contribution < -0.4 is 4.90 Å². The molecule has 0 spiro atoms. The number of nitrogens with zero attached hydrogens (tertiary/aromatic N) is 6. The molecule has 2 atom stereocenters. The van der Waals surface area contributed by atoms with E-state index in [9.17, 15) is 5.11 Å². The topological polar surface area (TPSA) is 79.5 Å². The van der Waals surface area contributed by atoms with Crippen molar-refractivity contribution in [1.82, 2.24) is 24.9 Å². The van der Waals surface area contributed by atoms with Gasteiger partial charge in [-0.3, -0.25) is 4.90 Å². The molecule has 2 aromatic rings. The number of piperazine rings is 1. The Morgan fingerprint density at radius 1 is 1.04 bits per heavy atom. The SMILES string of the molecule is OC1COCC1N1CCN(c2ccc(-n3cccn3)nn2)CC1. The predicted molar refractivity (Wildman–Crippen MR) is 83.6 cm³/mol. The first-order chi connectivity index (χ1) is 11.3. The number of aromatic nitrogens is 4. The van der Waals surface area contributed by atoms with Crippen LogP contribution in [0.3, 0.4) is 0 Å². The maximum atomic E-state index is 9.93. The van der Waals surface area contributed by atoms with Crippen LogP contribution in [0.4, 0.5) is 5.82 Å². The Kier molecular flexibility index (Phi) is 3.94. The highest BCUT2D eigenvalue weighted by Gasteiger charge is 2.33. The first kappa shape index (κ1) is 14.6. The van der Waals surface area contributed by atoms with E-state index in [1.807, 2.05) is 24.4 Å². The van der Waals surface area contributed by atoms with Crippen molar-refractivity contribution in [2.75, 3.05) is 44.3 Å². The van der Waals surface area contributed by atoms with Gasteiger partial charge in [-0.05, 0) is 18.2 Å². The third-order valence-corrected chi connectivity index (χ3v) is 4.50. The zero-order valence-corrected chi connectivity index (χ0v) is 12.8. The fourth-order valence-electron chi connectivity index (χ4n) is 3.18. The highest BCUT2D eigenvalue weighted by atomic mass is 16.5. The van der Waals surface area contributed by atoms with Crippen molar-refractivity contribution >= 4 is 5.82 Å². The summed E-state index contributed by atoms with van der Waals surface area (Å²) in [5.41, 5.74) is 0. The molecule has 0 amide bonds. The summed E-state index contributed by atoms with van der Waals surface area (Å²) in [6, 6.07) is 5.89. The van der Waals surface area contributed by atoms with Crippen LogP contribution >= 0.6 is 0 Å². The van der Waals surface area contributed by atoms with Gasteiger partial charge in [-0.15, -0.1) is 10.2 Å².